The molecule has 1 aliphatic rings. The van der Waals surface area contributed by atoms with Crippen LogP contribution in [0.1, 0.15) is 56.8 Å². The van der Waals surface area contributed by atoms with Crippen molar-refractivity contribution in [3.05, 3.63) is 28.8 Å². The van der Waals surface area contributed by atoms with Crippen molar-refractivity contribution in [2.45, 2.75) is 53.1 Å². The molecule has 3 heteroatoms. The third-order valence-electron chi connectivity index (χ3n) is 4.92. The van der Waals surface area contributed by atoms with Crippen LogP contribution in [-0.4, -0.2) is 43.1 Å². The van der Waals surface area contributed by atoms with Gasteiger partial charge in [-0.15, -0.1) is 0 Å². The second-order valence-corrected chi connectivity index (χ2v) is 6.21. The number of hydrogen-bond acceptors (Lipinski definition) is 3. The molecule has 0 saturated heterocycles. The molecule has 1 aromatic carbocycles. The predicted octanol–water partition coefficient (Wildman–Crippen LogP) is 3.87. The SMILES string of the molecule is CCOc1cc2c(cc1CN(CC)CC)CCN(C)C2CC. The van der Waals surface area contributed by atoms with Gasteiger partial charge in [0.1, 0.15) is 5.75 Å². The molecule has 0 aliphatic carbocycles. The van der Waals surface area contributed by atoms with Gasteiger partial charge in [0.25, 0.3) is 0 Å². The predicted molar refractivity (Wildman–Crippen MR) is 93.6 cm³/mol. The average molecular weight is 304 g/mol. The van der Waals surface area contributed by atoms with E-state index in [2.05, 4.69) is 56.7 Å². The zero-order chi connectivity index (χ0) is 16.1. The van der Waals surface area contributed by atoms with Crippen molar-refractivity contribution >= 4 is 0 Å². The van der Waals surface area contributed by atoms with Gasteiger partial charge in [0.15, 0.2) is 0 Å². The summed E-state index contributed by atoms with van der Waals surface area (Å²) in [4.78, 5) is 4.93. The second kappa shape index (κ2) is 7.98. The summed E-state index contributed by atoms with van der Waals surface area (Å²) >= 11 is 0. The van der Waals surface area contributed by atoms with Gasteiger partial charge in [0.2, 0.25) is 0 Å². The summed E-state index contributed by atoms with van der Waals surface area (Å²) in [7, 11) is 2.24. The van der Waals surface area contributed by atoms with Gasteiger partial charge >= 0.3 is 0 Å². The first kappa shape index (κ1) is 17.3. The van der Waals surface area contributed by atoms with E-state index in [1.165, 1.54) is 16.7 Å². The van der Waals surface area contributed by atoms with E-state index in [0.29, 0.717) is 6.04 Å². The fraction of sp³-hybridized carbons (Fsp3) is 0.684. The zero-order valence-electron chi connectivity index (χ0n) is 15.0. The summed E-state index contributed by atoms with van der Waals surface area (Å²) in [6.07, 6.45) is 2.31. The molecule has 124 valence electrons. The maximum Gasteiger partial charge on any atom is 0.124 e. The van der Waals surface area contributed by atoms with E-state index < -0.39 is 0 Å². The Bertz CT molecular complexity index is 483. The molecule has 3 nitrogen and oxygen atoms in total. The maximum absolute atomic E-state index is 5.98. The summed E-state index contributed by atoms with van der Waals surface area (Å²) in [5.41, 5.74) is 4.35. The van der Waals surface area contributed by atoms with Gasteiger partial charge in [-0.05, 0) is 57.1 Å². The van der Waals surface area contributed by atoms with E-state index in [1.807, 2.05) is 0 Å². The van der Waals surface area contributed by atoms with E-state index in [0.717, 1.165) is 51.4 Å². The molecule has 0 radical (unpaired) electrons. The molecule has 1 aliphatic heterocycles. The lowest BCUT2D eigenvalue weighted by Gasteiger charge is -2.35. The molecule has 1 unspecified atom stereocenters. The van der Waals surface area contributed by atoms with Crippen molar-refractivity contribution in [1.29, 1.82) is 0 Å². The van der Waals surface area contributed by atoms with Crippen LogP contribution in [0.2, 0.25) is 0 Å². The first-order valence-electron chi connectivity index (χ1n) is 8.85. The Labute approximate surface area is 136 Å². The molecule has 0 spiro atoms. The number of nitrogens with zero attached hydrogens (tertiary/aromatic N) is 2. The van der Waals surface area contributed by atoms with Crippen molar-refractivity contribution in [3.63, 3.8) is 0 Å². The molecule has 22 heavy (non-hydrogen) atoms. The molecule has 0 aromatic heterocycles. The molecule has 1 heterocycles. The van der Waals surface area contributed by atoms with Crippen molar-refractivity contribution < 1.29 is 4.74 Å². The van der Waals surface area contributed by atoms with Gasteiger partial charge in [-0.2, -0.15) is 0 Å². The summed E-state index contributed by atoms with van der Waals surface area (Å²) in [6.45, 7) is 13.8. The Balaban J connectivity index is 2.38. The minimum Gasteiger partial charge on any atom is -0.494 e. The van der Waals surface area contributed by atoms with Gasteiger partial charge in [0, 0.05) is 24.7 Å². The third-order valence-corrected chi connectivity index (χ3v) is 4.92. The Morgan fingerprint density at radius 1 is 1.18 bits per heavy atom. The monoisotopic (exact) mass is 304 g/mol. The molecule has 0 amide bonds. The van der Waals surface area contributed by atoms with Crippen LogP contribution >= 0.6 is 0 Å². The largest absolute Gasteiger partial charge is 0.494 e. The number of likely N-dealkylation sites (N-methyl/N-ethyl adjacent to an activating group) is 1. The van der Waals surface area contributed by atoms with Gasteiger partial charge < -0.3 is 4.74 Å². The molecule has 2 rings (SSSR count). The van der Waals surface area contributed by atoms with Gasteiger partial charge in [-0.25, -0.2) is 0 Å². The van der Waals surface area contributed by atoms with Crippen molar-refractivity contribution in [1.82, 2.24) is 9.80 Å². The summed E-state index contributed by atoms with van der Waals surface area (Å²) in [6, 6.07) is 5.26. The molecule has 0 N–H and O–H groups in total. The fourth-order valence-corrected chi connectivity index (χ4v) is 3.54. The highest BCUT2D eigenvalue weighted by atomic mass is 16.5. The van der Waals surface area contributed by atoms with Crippen LogP contribution in [-0.2, 0) is 13.0 Å². The topological polar surface area (TPSA) is 15.7 Å². The average Bonchev–Trinajstić information content (AvgIpc) is 2.53. The third kappa shape index (κ3) is 3.64. The Hall–Kier alpha value is -1.06. The van der Waals surface area contributed by atoms with E-state index in [-0.39, 0.29) is 0 Å². The van der Waals surface area contributed by atoms with E-state index in [1.54, 1.807) is 0 Å². The smallest absolute Gasteiger partial charge is 0.124 e. The number of ether oxygens (including phenoxy) is 1. The Morgan fingerprint density at radius 3 is 2.50 bits per heavy atom. The van der Waals surface area contributed by atoms with Crippen LogP contribution in [0.3, 0.4) is 0 Å². The molecular formula is C19H32N2O. The Morgan fingerprint density at radius 2 is 1.91 bits per heavy atom. The minimum atomic E-state index is 0.533. The quantitative estimate of drug-likeness (QED) is 0.760. The van der Waals surface area contributed by atoms with Gasteiger partial charge in [-0.1, -0.05) is 26.8 Å². The first-order chi connectivity index (χ1) is 10.6. The molecule has 1 atom stereocenters. The summed E-state index contributed by atoms with van der Waals surface area (Å²) < 4.78 is 5.98. The van der Waals surface area contributed by atoms with Crippen LogP contribution in [0.5, 0.6) is 5.75 Å². The molecule has 0 bridgehead atoms. The van der Waals surface area contributed by atoms with E-state index in [9.17, 15) is 0 Å². The minimum absolute atomic E-state index is 0.533. The van der Waals surface area contributed by atoms with Crippen LogP contribution in [0.15, 0.2) is 12.1 Å². The van der Waals surface area contributed by atoms with E-state index in [4.69, 9.17) is 4.74 Å². The van der Waals surface area contributed by atoms with Crippen molar-refractivity contribution in [3.8, 4) is 5.75 Å². The lowest BCUT2D eigenvalue weighted by molar-refractivity contribution is 0.223. The second-order valence-electron chi connectivity index (χ2n) is 6.21. The number of rotatable bonds is 7. The normalized spacial score (nSPS) is 18.5. The lowest BCUT2D eigenvalue weighted by atomic mass is 9.89. The highest BCUT2D eigenvalue weighted by Crippen LogP contribution is 2.36. The van der Waals surface area contributed by atoms with Crippen LogP contribution in [0.25, 0.3) is 0 Å². The van der Waals surface area contributed by atoms with Crippen molar-refractivity contribution in [2.24, 2.45) is 0 Å². The van der Waals surface area contributed by atoms with Gasteiger partial charge in [-0.3, -0.25) is 9.80 Å². The standard InChI is InChI=1S/C19H32N2O/c1-6-18-17-13-19(22-9-4)16(14-21(7-2)8-3)12-15(17)10-11-20(18)5/h12-13,18H,6-11,14H2,1-5H3. The summed E-state index contributed by atoms with van der Waals surface area (Å²) in [5.74, 6) is 1.09. The first-order valence-corrected chi connectivity index (χ1v) is 8.85. The Kier molecular flexibility index (Phi) is 6.27. The van der Waals surface area contributed by atoms with Crippen molar-refractivity contribution in [2.75, 3.05) is 33.3 Å². The summed E-state index contributed by atoms with van der Waals surface area (Å²) in [5, 5.41) is 0. The van der Waals surface area contributed by atoms with Crippen LogP contribution in [0.4, 0.5) is 0 Å². The fourth-order valence-electron chi connectivity index (χ4n) is 3.54. The van der Waals surface area contributed by atoms with E-state index >= 15 is 0 Å². The lowest BCUT2D eigenvalue weighted by Crippen LogP contribution is -2.32. The zero-order valence-corrected chi connectivity index (χ0v) is 15.0. The highest BCUT2D eigenvalue weighted by Gasteiger charge is 2.25. The number of hydrogen-bond donors (Lipinski definition) is 0. The number of benzene rings is 1. The molecular weight excluding hydrogens is 272 g/mol. The molecule has 1 aromatic rings. The maximum atomic E-state index is 5.98. The molecule has 0 fully saturated rings. The highest BCUT2D eigenvalue weighted by molar-refractivity contribution is 5.45. The van der Waals surface area contributed by atoms with Crippen LogP contribution < -0.4 is 4.74 Å². The molecule has 0 saturated carbocycles. The van der Waals surface area contributed by atoms with Gasteiger partial charge in [0.05, 0.1) is 6.61 Å². The van der Waals surface area contributed by atoms with Crippen LogP contribution in [0, 0.1) is 0 Å². The number of fused-ring (bicyclic) bond motifs is 1.